The van der Waals surface area contributed by atoms with Gasteiger partial charge >= 0.3 is 0 Å². The number of oxazole rings is 1. The van der Waals surface area contributed by atoms with Gasteiger partial charge in [0.2, 0.25) is 5.91 Å². The van der Waals surface area contributed by atoms with E-state index in [9.17, 15) is 4.79 Å². The number of ether oxygens (including phenoxy) is 2. The topological polar surface area (TPSA) is 73.6 Å². The molecule has 0 fully saturated rings. The lowest BCUT2D eigenvalue weighted by Crippen LogP contribution is -2.24. The number of halogens is 1. The number of fused-ring (bicyclic) bond motifs is 1. The number of amides is 1. The van der Waals surface area contributed by atoms with Crippen LogP contribution in [0.2, 0.25) is 5.02 Å². The molecular weight excluding hydrogens is 388 g/mol. The predicted octanol–water partition coefficient (Wildman–Crippen LogP) is 4.30. The Hall–Kier alpha value is -2.38. The van der Waals surface area contributed by atoms with E-state index >= 15 is 0 Å². The van der Waals surface area contributed by atoms with Crippen molar-refractivity contribution in [1.29, 1.82) is 0 Å². The smallest absolute Gasteiger partial charge is 0.257 e. The molecule has 0 unspecified atom stereocenters. The molecule has 1 aromatic heterocycles. The highest BCUT2D eigenvalue weighted by Crippen LogP contribution is 2.36. The molecule has 3 rings (SSSR count). The van der Waals surface area contributed by atoms with E-state index < -0.39 is 0 Å². The Labute approximate surface area is 166 Å². The second-order valence-corrected chi connectivity index (χ2v) is 6.89. The molecule has 1 N–H and O–H groups in total. The standard InChI is InChI=1S/C19H19ClN2O4S/c1-3-25-18-13(20)8-12(9-16(18)24-2)10-21-17(23)11-27-19-22-14-6-4-5-7-15(14)26-19/h4-9H,3,10-11H2,1-2H3,(H,21,23). The molecule has 8 heteroatoms. The monoisotopic (exact) mass is 406 g/mol. The van der Waals surface area contributed by atoms with Gasteiger partial charge in [-0.3, -0.25) is 4.79 Å². The lowest BCUT2D eigenvalue weighted by molar-refractivity contribution is -0.118. The summed E-state index contributed by atoms with van der Waals surface area (Å²) < 4.78 is 16.4. The first-order chi connectivity index (χ1) is 13.1. The van der Waals surface area contributed by atoms with Crippen LogP contribution in [0, 0.1) is 0 Å². The first kappa shape index (κ1) is 19.4. The summed E-state index contributed by atoms with van der Waals surface area (Å²) in [4.78, 5) is 16.5. The highest BCUT2D eigenvalue weighted by atomic mass is 35.5. The fourth-order valence-electron chi connectivity index (χ4n) is 2.45. The van der Waals surface area contributed by atoms with Crippen molar-refractivity contribution in [1.82, 2.24) is 10.3 Å². The van der Waals surface area contributed by atoms with Crippen LogP contribution in [0.15, 0.2) is 46.0 Å². The Kier molecular flexibility index (Phi) is 6.47. The molecule has 0 bridgehead atoms. The van der Waals surface area contributed by atoms with Crippen LogP contribution in [0.4, 0.5) is 0 Å². The summed E-state index contributed by atoms with van der Waals surface area (Å²) >= 11 is 7.49. The lowest BCUT2D eigenvalue weighted by atomic mass is 10.2. The van der Waals surface area contributed by atoms with Crippen LogP contribution < -0.4 is 14.8 Å². The molecule has 0 aliphatic rings. The van der Waals surface area contributed by atoms with Gasteiger partial charge in [-0.1, -0.05) is 35.5 Å². The average molecular weight is 407 g/mol. The van der Waals surface area contributed by atoms with Gasteiger partial charge in [0.1, 0.15) is 5.52 Å². The Bertz CT molecular complexity index is 912. The SMILES string of the molecule is CCOc1c(Cl)cc(CNC(=O)CSc2nc3ccccc3o2)cc1OC. The number of thioether (sulfide) groups is 1. The first-order valence-electron chi connectivity index (χ1n) is 8.35. The number of methoxy groups -OCH3 is 1. The van der Waals surface area contributed by atoms with Crippen molar-refractivity contribution in [2.45, 2.75) is 18.7 Å². The van der Waals surface area contributed by atoms with Crippen LogP contribution in [0.1, 0.15) is 12.5 Å². The van der Waals surface area contributed by atoms with Crippen LogP contribution in [-0.4, -0.2) is 30.4 Å². The highest BCUT2D eigenvalue weighted by Gasteiger charge is 2.13. The minimum Gasteiger partial charge on any atom is -0.493 e. The number of benzene rings is 2. The first-order valence-corrected chi connectivity index (χ1v) is 9.71. The molecule has 0 radical (unpaired) electrons. The largest absolute Gasteiger partial charge is 0.493 e. The fraction of sp³-hybridized carbons (Fsp3) is 0.263. The quantitative estimate of drug-likeness (QED) is 0.562. The van der Waals surface area contributed by atoms with Crippen molar-refractivity contribution in [3.05, 3.63) is 47.0 Å². The number of rotatable bonds is 8. The van der Waals surface area contributed by atoms with E-state index in [0.29, 0.717) is 40.5 Å². The number of hydrogen-bond donors (Lipinski definition) is 1. The van der Waals surface area contributed by atoms with Gasteiger partial charge in [-0.25, -0.2) is 4.98 Å². The van der Waals surface area contributed by atoms with Crippen molar-refractivity contribution in [3.63, 3.8) is 0 Å². The normalized spacial score (nSPS) is 10.8. The molecule has 0 atom stereocenters. The minimum absolute atomic E-state index is 0.133. The molecule has 3 aromatic rings. The van der Waals surface area contributed by atoms with Crippen molar-refractivity contribution < 1.29 is 18.7 Å². The maximum Gasteiger partial charge on any atom is 0.257 e. The zero-order valence-electron chi connectivity index (χ0n) is 15.0. The zero-order chi connectivity index (χ0) is 19.2. The third-order valence-corrected chi connectivity index (χ3v) is 4.78. The number of nitrogens with one attached hydrogen (secondary N) is 1. The van der Waals surface area contributed by atoms with E-state index in [1.165, 1.54) is 11.8 Å². The molecule has 0 aliphatic carbocycles. The molecular formula is C19H19ClN2O4S. The second kappa shape index (κ2) is 9.01. The van der Waals surface area contributed by atoms with Gasteiger partial charge in [0.25, 0.3) is 5.22 Å². The molecule has 0 spiro atoms. The van der Waals surface area contributed by atoms with Crippen molar-refractivity contribution in [3.8, 4) is 11.5 Å². The summed E-state index contributed by atoms with van der Waals surface area (Å²) in [6.45, 7) is 2.69. The number of nitrogens with zero attached hydrogens (tertiary/aromatic N) is 1. The number of carbonyl (C=O) groups is 1. The summed E-state index contributed by atoms with van der Waals surface area (Å²) in [5, 5.41) is 3.76. The molecule has 1 heterocycles. The van der Waals surface area contributed by atoms with E-state index in [1.54, 1.807) is 19.2 Å². The van der Waals surface area contributed by atoms with Crippen LogP contribution in [0.5, 0.6) is 11.5 Å². The fourth-order valence-corrected chi connectivity index (χ4v) is 3.41. The van der Waals surface area contributed by atoms with Gasteiger partial charge in [-0.2, -0.15) is 0 Å². The Balaban J connectivity index is 1.56. The van der Waals surface area contributed by atoms with Gasteiger partial charge in [-0.05, 0) is 36.8 Å². The highest BCUT2D eigenvalue weighted by molar-refractivity contribution is 7.99. The summed E-state index contributed by atoms with van der Waals surface area (Å²) in [6, 6.07) is 11.0. The van der Waals surface area contributed by atoms with E-state index in [2.05, 4.69) is 10.3 Å². The number of hydrogen-bond acceptors (Lipinski definition) is 6. The van der Waals surface area contributed by atoms with Crippen molar-refractivity contribution in [2.75, 3.05) is 19.5 Å². The van der Waals surface area contributed by atoms with E-state index in [-0.39, 0.29) is 11.7 Å². The predicted molar refractivity (Wildman–Crippen MR) is 106 cm³/mol. The second-order valence-electron chi connectivity index (χ2n) is 5.55. The molecule has 1 amide bonds. The molecule has 0 saturated carbocycles. The van der Waals surface area contributed by atoms with E-state index in [1.807, 2.05) is 31.2 Å². The molecule has 2 aromatic carbocycles. The molecule has 27 heavy (non-hydrogen) atoms. The van der Waals surface area contributed by atoms with Gasteiger partial charge in [0, 0.05) is 6.54 Å². The lowest BCUT2D eigenvalue weighted by Gasteiger charge is -2.13. The van der Waals surface area contributed by atoms with E-state index in [4.69, 9.17) is 25.5 Å². The Morgan fingerprint density at radius 3 is 2.89 bits per heavy atom. The van der Waals surface area contributed by atoms with Gasteiger partial charge in [-0.15, -0.1) is 0 Å². The van der Waals surface area contributed by atoms with Crippen LogP contribution in [-0.2, 0) is 11.3 Å². The number of carbonyl (C=O) groups excluding carboxylic acids is 1. The van der Waals surface area contributed by atoms with Crippen molar-refractivity contribution in [2.24, 2.45) is 0 Å². The number of para-hydroxylation sites is 2. The van der Waals surface area contributed by atoms with Gasteiger partial charge < -0.3 is 19.2 Å². The summed E-state index contributed by atoms with van der Waals surface area (Å²) in [5.74, 6) is 1.11. The summed E-state index contributed by atoms with van der Waals surface area (Å²) in [6.07, 6.45) is 0. The van der Waals surface area contributed by atoms with E-state index in [0.717, 1.165) is 11.1 Å². The maximum atomic E-state index is 12.1. The Morgan fingerprint density at radius 2 is 2.15 bits per heavy atom. The third-order valence-electron chi connectivity index (χ3n) is 3.67. The zero-order valence-corrected chi connectivity index (χ0v) is 16.5. The summed E-state index contributed by atoms with van der Waals surface area (Å²) in [5.41, 5.74) is 2.30. The van der Waals surface area contributed by atoms with Crippen LogP contribution in [0.25, 0.3) is 11.1 Å². The number of aromatic nitrogens is 1. The summed E-state index contributed by atoms with van der Waals surface area (Å²) in [7, 11) is 1.55. The van der Waals surface area contributed by atoms with Crippen LogP contribution >= 0.6 is 23.4 Å². The molecule has 0 aliphatic heterocycles. The molecule has 0 saturated heterocycles. The van der Waals surface area contributed by atoms with Gasteiger partial charge in [0.05, 0.1) is 24.5 Å². The van der Waals surface area contributed by atoms with Crippen molar-refractivity contribution >= 4 is 40.4 Å². The Morgan fingerprint density at radius 1 is 1.33 bits per heavy atom. The minimum atomic E-state index is -0.133. The average Bonchev–Trinajstić information content (AvgIpc) is 3.09. The molecule has 142 valence electrons. The third kappa shape index (κ3) is 4.87. The van der Waals surface area contributed by atoms with Crippen LogP contribution in [0.3, 0.4) is 0 Å². The van der Waals surface area contributed by atoms with Gasteiger partial charge in [0.15, 0.2) is 17.1 Å². The molecule has 6 nitrogen and oxygen atoms in total. The maximum absolute atomic E-state index is 12.1.